The summed E-state index contributed by atoms with van der Waals surface area (Å²) >= 11 is 0. The van der Waals surface area contributed by atoms with E-state index in [0.29, 0.717) is 12.5 Å². The molecule has 3 rings (SSSR count). The van der Waals surface area contributed by atoms with E-state index in [1.807, 2.05) is 18.2 Å². The van der Waals surface area contributed by atoms with Gasteiger partial charge in [0.05, 0.1) is 11.3 Å². The summed E-state index contributed by atoms with van der Waals surface area (Å²) in [4.78, 5) is 4.64. The summed E-state index contributed by atoms with van der Waals surface area (Å²) in [6, 6.07) is 11.5. The van der Waals surface area contributed by atoms with Crippen molar-refractivity contribution in [2.24, 2.45) is 0 Å². The molecule has 1 N–H and O–H groups in total. The lowest BCUT2D eigenvalue weighted by Crippen LogP contribution is -2.14. The second kappa shape index (κ2) is 6.08. The van der Waals surface area contributed by atoms with Crippen LogP contribution in [0.3, 0.4) is 0 Å². The van der Waals surface area contributed by atoms with Crippen molar-refractivity contribution in [3.63, 3.8) is 0 Å². The van der Waals surface area contributed by atoms with Crippen molar-refractivity contribution in [3.8, 4) is 0 Å². The van der Waals surface area contributed by atoms with Gasteiger partial charge in [0.2, 0.25) is 0 Å². The van der Waals surface area contributed by atoms with Crippen LogP contribution in [0.2, 0.25) is 0 Å². The van der Waals surface area contributed by atoms with Crippen molar-refractivity contribution in [2.75, 3.05) is 6.54 Å². The third-order valence-corrected chi connectivity index (χ3v) is 3.91. The minimum atomic E-state index is -4.29. The number of nitrogens with zero attached hydrogens (tertiary/aromatic N) is 1. The first-order valence-corrected chi connectivity index (χ1v) is 7.38. The SMILES string of the molecule is FC(F)(F)c1ccc(Cc2cccc(C3CCCN3)n2)cc1. The van der Waals surface area contributed by atoms with Gasteiger partial charge in [-0.15, -0.1) is 0 Å². The fourth-order valence-electron chi connectivity index (χ4n) is 2.75. The average molecular weight is 306 g/mol. The number of rotatable bonds is 3. The fourth-order valence-corrected chi connectivity index (χ4v) is 2.75. The van der Waals surface area contributed by atoms with Gasteiger partial charge in [-0.25, -0.2) is 0 Å². The number of halogens is 3. The maximum Gasteiger partial charge on any atom is 0.416 e. The Hall–Kier alpha value is -1.88. The van der Waals surface area contributed by atoms with Crippen LogP contribution in [0, 0.1) is 0 Å². The van der Waals surface area contributed by atoms with E-state index in [2.05, 4.69) is 10.3 Å². The van der Waals surface area contributed by atoms with E-state index in [4.69, 9.17) is 0 Å². The number of pyridine rings is 1. The normalized spacial score (nSPS) is 18.6. The molecule has 0 radical (unpaired) electrons. The molecule has 0 saturated carbocycles. The van der Waals surface area contributed by atoms with Crippen molar-refractivity contribution in [1.82, 2.24) is 10.3 Å². The van der Waals surface area contributed by atoms with E-state index in [1.165, 1.54) is 12.1 Å². The van der Waals surface area contributed by atoms with Crippen LogP contribution in [0.4, 0.5) is 13.2 Å². The predicted molar refractivity (Wildman–Crippen MR) is 78.5 cm³/mol. The van der Waals surface area contributed by atoms with E-state index in [0.717, 1.165) is 48.5 Å². The van der Waals surface area contributed by atoms with E-state index in [1.54, 1.807) is 0 Å². The molecular formula is C17H17F3N2. The topological polar surface area (TPSA) is 24.9 Å². The third kappa shape index (κ3) is 3.47. The molecule has 2 heterocycles. The standard InChI is InChI=1S/C17H17F3N2/c18-17(19,20)13-8-6-12(7-9-13)11-14-3-1-4-16(22-14)15-5-2-10-21-15/h1,3-4,6-9,15,21H,2,5,10-11H2. The Bertz CT molecular complexity index is 629. The molecule has 0 spiro atoms. The lowest BCUT2D eigenvalue weighted by molar-refractivity contribution is -0.137. The third-order valence-electron chi connectivity index (χ3n) is 3.91. The zero-order valence-corrected chi connectivity index (χ0v) is 12.0. The highest BCUT2D eigenvalue weighted by Gasteiger charge is 2.29. The number of benzene rings is 1. The van der Waals surface area contributed by atoms with Gasteiger partial charge in [-0.1, -0.05) is 18.2 Å². The Morgan fingerprint density at radius 1 is 1.09 bits per heavy atom. The second-order valence-electron chi connectivity index (χ2n) is 5.57. The molecule has 2 nitrogen and oxygen atoms in total. The summed E-state index contributed by atoms with van der Waals surface area (Å²) in [6.07, 6.45) is -1.52. The maximum atomic E-state index is 12.6. The van der Waals surface area contributed by atoms with Crippen LogP contribution >= 0.6 is 0 Å². The van der Waals surface area contributed by atoms with Crippen LogP contribution in [0.1, 0.15) is 41.4 Å². The van der Waals surface area contributed by atoms with Gasteiger partial charge < -0.3 is 5.32 Å². The number of aromatic nitrogens is 1. The summed E-state index contributed by atoms with van der Waals surface area (Å²) in [5.74, 6) is 0. The molecule has 116 valence electrons. The highest BCUT2D eigenvalue weighted by atomic mass is 19.4. The Labute approximate surface area is 127 Å². The number of hydrogen-bond donors (Lipinski definition) is 1. The molecule has 5 heteroatoms. The molecule has 1 aromatic carbocycles. The van der Waals surface area contributed by atoms with Gasteiger partial charge in [0.1, 0.15) is 0 Å². The highest BCUT2D eigenvalue weighted by molar-refractivity contribution is 5.28. The largest absolute Gasteiger partial charge is 0.416 e. The predicted octanol–water partition coefficient (Wildman–Crippen LogP) is 4.12. The summed E-state index contributed by atoms with van der Waals surface area (Å²) in [7, 11) is 0. The first-order chi connectivity index (χ1) is 10.5. The van der Waals surface area contributed by atoms with Gasteiger partial charge in [0, 0.05) is 18.2 Å². The first-order valence-electron chi connectivity index (χ1n) is 7.38. The van der Waals surface area contributed by atoms with Gasteiger partial charge in [-0.3, -0.25) is 4.98 Å². The van der Waals surface area contributed by atoms with E-state index in [9.17, 15) is 13.2 Å². The molecule has 1 unspecified atom stereocenters. The molecule has 1 aliphatic heterocycles. The van der Waals surface area contributed by atoms with Gasteiger partial charge in [-0.05, 0) is 49.2 Å². The van der Waals surface area contributed by atoms with Crippen LogP contribution < -0.4 is 5.32 Å². The number of hydrogen-bond acceptors (Lipinski definition) is 2. The van der Waals surface area contributed by atoms with E-state index in [-0.39, 0.29) is 0 Å². The molecule has 1 saturated heterocycles. The Kier molecular flexibility index (Phi) is 4.16. The van der Waals surface area contributed by atoms with Crippen molar-refractivity contribution in [3.05, 3.63) is 65.0 Å². The molecule has 1 fully saturated rings. The molecule has 1 aliphatic rings. The van der Waals surface area contributed by atoms with Gasteiger partial charge in [-0.2, -0.15) is 13.2 Å². The lowest BCUT2D eigenvalue weighted by atomic mass is 10.1. The molecule has 0 aliphatic carbocycles. The molecular weight excluding hydrogens is 289 g/mol. The summed E-state index contributed by atoms with van der Waals surface area (Å²) in [5, 5.41) is 3.40. The van der Waals surface area contributed by atoms with Crippen LogP contribution in [0.5, 0.6) is 0 Å². The maximum absolute atomic E-state index is 12.6. The number of nitrogens with one attached hydrogen (secondary N) is 1. The Morgan fingerprint density at radius 3 is 2.50 bits per heavy atom. The minimum Gasteiger partial charge on any atom is -0.309 e. The molecule has 1 aromatic heterocycles. The van der Waals surface area contributed by atoms with Crippen LogP contribution in [0.25, 0.3) is 0 Å². The summed E-state index contributed by atoms with van der Waals surface area (Å²) in [6.45, 7) is 1.01. The molecule has 1 atom stereocenters. The fraction of sp³-hybridized carbons (Fsp3) is 0.353. The molecule has 0 amide bonds. The van der Waals surface area contributed by atoms with Crippen LogP contribution in [0.15, 0.2) is 42.5 Å². The quantitative estimate of drug-likeness (QED) is 0.923. The minimum absolute atomic E-state index is 0.299. The monoisotopic (exact) mass is 306 g/mol. The molecule has 22 heavy (non-hydrogen) atoms. The van der Waals surface area contributed by atoms with E-state index < -0.39 is 11.7 Å². The van der Waals surface area contributed by atoms with E-state index >= 15 is 0 Å². The van der Waals surface area contributed by atoms with Gasteiger partial charge in [0.15, 0.2) is 0 Å². The Morgan fingerprint density at radius 2 is 1.86 bits per heavy atom. The van der Waals surface area contributed by atoms with Gasteiger partial charge >= 0.3 is 6.18 Å². The average Bonchev–Trinajstić information content (AvgIpc) is 3.01. The van der Waals surface area contributed by atoms with Crippen molar-refractivity contribution < 1.29 is 13.2 Å². The zero-order chi connectivity index (χ0) is 15.6. The molecule has 2 aromatic rings. The highest BCUT2D eigenvalue weighted by Crippen LogP contribution is 2.29. The van der Waals surface area contributed by atoms with Crippen molar-refractivity contribution in [1.29, 1.82) is 0 Å². The zero-order valence-electron chi connectivity index (χ0n) is 12.0. The second-order valence-corrected chi connectivity index (χ2v) is 5.57. The van der Waals surface area contributed by atoms with Crippen molar-refractivity contribution in [2.45, 2.75) is 31.5 Å². The smallest absolute Gasteiger partial charge is 0.309 e. The summed E-state index contributed by atoms with van der Waals surface area (Å²) < 4.78 is 37.7. The summed E-state index contributed by atoms with van der Waals surface area (Å²) in [5.41, 5.74) is 2.11. The van der Waals surface area contributed by atoms with Crippen molar-refractivity contribution >= 4 is 0 Å². The van der Waals surface area contributed by atoms with Crippen LogP contribution in [-0.4, -0.2) is 11.5 Å². The molecule has 0 bridgehead atoms. The van der Waals surface area contributed by atoms with Gasteiger partial charge in [0.25, 0.3) is 0 Å². The lowest BCUT2D eigenvalue weighted by Gasteiger charge is -2.11. The first kappa shape index (κ1) is 15.0. The number of alkyl halides is 3. The Balaban J connectivity index is 1.74. The van der Waals surface area contributed by atoms with Crippen LogP contribution in [-0.2, 0) is 12.6 Å².